The van der Waals surface area contributed by atoms with Gasteiger partial charge in [-0.25, -0.2) is 4.39 Å². The van der Waals surface area contributed by atoms with Gasteiger partial charge in [-0.05, 0) is 36.5 Å². The molecule has 0 saturated heterocycles. The van der Waals surface area contributed by atoms with Crippen molar-refractivity contribution >= 4 is 17.2 Å². The molecule has 0 spiro atoms. The van der Waals surface area contributed by atoms with Gasteiger partial charge < -0.3 is 10.5 Å². The Hall–Kier alpha value is -1.00. The van der Waals surface area contributed by atoms with E-state index in [9.17, 15) is 4.39 Å². The van der Waals surface area contributed by atoms with E-state index in [1.807, 2.05) is 0 Å². The Morgan fingerprint density at radius 2 is 2.15 bits per heavy atom. The molecule has 110 valence electrons. The highest BCUT2D eigenvalue weighted by Gasteiger charge is 2.24. The highest BCUT2D eigenvalue weighted by Crippen LogP contribution is 2.29. The molecule has 0 heterocycles. The summed E-state index contributed by atoms with van der Waals surface area (Å²) >= 11 is 4.85. The first-order valence-corrected chi connectivity index (χ1v) is 7.72. The molecule has 0 amide bonds. The van der Waals surface area contributed by atoms with Crippen LogP contribution in [0, 0.1) is 11.7 Å². The van der Waals surface area contributed by atoms with Crippen LogP contribution in [0.4, 0.5) is 4.39 Å². The first-order chi connectivity index (χ1) is 9.61. The molecule has 1 fully saturated rings. The van der Waals surface area contributed by atoms with Crippen LogP contribution < -0.4 is 5.73 Å². The second kappa shape index (κ2) is 7.14. The maximum Gasteiger partial charge on any atom is 0.133 e. The van der Waals surface area contributed by atoms with Crippen LogP contribution >= 0.6 is 12.2 Å². The summed E-state index contributed by atoms with van der Waals surface area (Å²) in [7, 11) is 0. The summed E-state index contributed by atoms with van der Waals surface area (Å²) in [6.45, 7) is 2.71. The van der Waals surface area contributed by atoms with Crippen LogP contribution in [0.2, 0.25) is 0 Å². The number of halogens is 1. The van der Waals surface area contributed by atoms with Crippen LogP contribution in [0.1, 0.15) is 50.2 Å². The summed E-state index contributed by atoms with van der Waals surface area (Å²) in [5, 5.41) is 0. The molecule has 2 atom stereocenters. The number of hydrogen-bond donors (Lipinski definition) is 1. The van der Waals surface area contributed by atoms with E-state index in [0.717, 1.165) is 18.4 Å². The average molecular weight is 295 g/mol. The summed E-state index contributed by atoms with van der Waals surface area (Å²) in [4.78, 5) is 0.0912. The van der Waals surface area contributed by atoms with E-state index in [1.165, 1.54) is 25.3 Å². The molecule has 2 N–H and O–H groups in total. The molecule has 20 heavy (non-hydrogen) atoms. The highest BCUT2D eigenvalue weighted by atomic mass is 32.1. The molecule has 2 unspecified atom stereocenters. The molecule has 1 aliphatic carbocycles. The van der Waals surface area contributed by atoms with Crippen molar-refractivity contribution in [2.24, 2.45) is 11.7 Å². The largest absolute Gasteiger partial charge is 0.389 e. The average Bonchev–Trinajstić information content (AvgIpc) is 2.46. The van der Waals surface area contributed by atoms with Gasteiger partial charge in [0.05, 0.1) is 12.7 Å². The first kappa shape index (κ1) is 15.4. The molecular weight excluding hydrogens is 273 g/mol. The Kier molecular flexibility index (Phi) is 5.49. The lowest BCUT2D eigenvalue weighted by Gasteiger charge is -2.30. The summed E-state index contributed by atoms with van der Waals surface area (Å²) in [5.74, 6) is 0.282. The van der Waals surface area contributed by atoms with Crippen molar-refractivity contribution in [1.29, 1.82) is 0 Å². The predicted octanol–water partition coefficient (Wildman–Crippen LogP) is 3.95. The zero-order chi connectivity index (χ0) is 14.5. The Balaban J connectivity index is 1.99. The van der Waals surface area contributed by atoms with Crippen LogP contribution in [-0.2, 0) is 11.3 Å². The third-order valence-corrected chi connectivity index (χ3v) is 4.34. The van der Waals surface area contributed by atoms with Crippen molar-refractivity contribution in [3.63, 3.8) is 0 Å². The van der Waals surface area contributed by atoms with Crippen molar-refractivity contribution < 1.29 is 9.13 Å². The van der Waals surface area contributed by atoms with Gasteiger partial charge in [0.25, 0.3) is 0 Å². The minimum absolute atomic E-state index is 0.0912. The minimum atomic E-state index is -0.370. The van der Waals surface area contributed by atoms with Crippen molar-refractivity contribution in [2.45, 2.75) is 51.7 Å². The van der Waals surface area contributed by atoms with E-state index in [2.05, 4.69) is 6.92 Å². The lowest BCUT2D eigenvalue weighted by atomic mass is 9.85. The molecule has 4 heteroatoms. The number of hydrogen-bond acceptors (Lipinski definition) is 2. The predicted molar refractivity (Wildman–Crippen MR) is 83.1 cm³/mol. The zero-order valence-corrected chi connectivity index (χ0v) is 12.7. The standard InChI is InChI=1S/C16H22FNOS/c1-2-12-5-3-4-6-15(12)19-10-11-7-8-14(17)13(9-11)16(18)20/h7-9,12,15H,2-6,10H2,1H3,(H2,18,20). The van der Waals surface area contributed by atoms with Gasteiger partial charge in [-0.1, -0.05) is 44.5 Å². The molecule has 0 bridgehead atoms. The van der Waals surface area contributed by atoms with E-state index >= 15 is 0 Å². The summed E-state index contributed by atoms with van der Waals surface area (Å²) < 4.78 is 19.6. The second-order valence-corrected chi connectivity index (χ2v) is 5.92. The molecule has 2 nitrogen and oxygen atoms in total. The Morgan fingerprint density at radius 1 is 1.40 bits per heavy atom. The quantitative estimate of drug-likeness (QED) is 0.836. The number of nitrogens with two attached hydrogens (primary N) is 1. The van der Waals surface area contributed by atoms with E-state index in [-0.39, 0.29) is 10.8 Å². The number of thiocarbonyl (C=S) groups is 1. The van der Waals surface area contributed by atoms with E-state index in [4.69, 9.17) is 22.7 Å². The number of ether oxygens (including phenoxy) is 1. The van der Waals surface area contributed by atoms with E-state index < -0.39 is 0 Å². The normalized spacial score (nSPS) is 22.7. The molecule has 1 aliphatic rings. The van der Waals surface area contributed by atoms with Crippen molar-refractivity contribution in [3.05, 3.63) is 35.1 Å². The fourth-order valence-corrected chi connectivity index (χ4v) is 3.07. The van der Waals surface area contributed by atoms with E-state index in [0.29, 0.717) is 24.2 Å². The maximum atomic E-state index is 13.5. The van der Waals surface area contributed by atoms with Crippen LogP contribution in [-0.4, -0.2) is 11.1 Å². The van der Waals surface area contributed by atoms with Crippen LogP contribution in [0.3, 0.4) is 0 Å². The molecule has 1 saturated carbocycles. The summed E-state index contributed by atoms with van der Waals surface area (Å²) in [5.41, 5.74) is 6.74. The first-order valence-electron chi connectivity index (χ1n) is 7.31. The smallest absolute Gasteiger partial charge is 0.133 e. The molecule has 0 aromatic heterocycles. The van der Waals surface area contributed by atoms with Gasteiger partial charge in [0.2, 0.25) is 0 Å². The Labute approximate surface area is 125 Å². The Morgan fingerprint density at radius 3 is 2.85 bits per heavy atom. The number of benzene rings is 1. The fourth-order valence-electron chi connectivity index (χ4n) is 2.91. The fraction of sp³-hybridized carbons (Fsp3) is 0.562. The van der Waals surface area contributed by atoms with Gasteiger partial charge in [-0.3, -0.25) is 0 Å². The molecule has 0 aliphatic heterocycles. The highest BCUT2D eigenvalue weighted by molar-refractivity contribution is 7.80. The maximum absolute atomic E-state index is 13.5. The number of rotatable bonds is 5. The van der Waals surface area contributed by atoms with Crippen molar-refractivity contribution in [3.8, 4) is 0 Å². The van der Waals surface area contributed by atoms with Gasteiger partial charge in [0.15, 0.2) is 0 Å². The summed E-state index contributed by atoms with van der Waals surface area (Å²) in [6, 6.07) is 4.84. The molecular formula is C16H22FNOS. The lowest BCUT2D eigenvalue weighted by molar-refractivity contribution is -0.0222. The monoisotopic (exact) mass is 295 g/mol. The SMILES string of the molecule is CCC1CCCCC1OCc1ccc(F)c(C(N)=S)c1. The van der Waals surface area contributed by atoms with Crippen LogP contribution in [0.5, 0.6) is 0 Å². The third-order valence-electron chi connectivity index (χ3n) is 4.12. The van der Waals surface area contributed by atoms with Gasteiger partial charge in [0.1, 0.15) is 10.8 Å². The minimum Gasteiger partial charge on any atom is -0.389 e. The van der Waals surface area contributed by atoms with Gasteiger partial charge in [-0.2, -0.15) is 0 Å². The molecule has 1 aromatic carbocycles. The Bertz CT molecular complexity index is 478. The lowest BCUT2D eigenvalue weighted by Crippen LogP contribution is -2.27. The van der Waals surface area contributed by atoms with Crippen molar-refractivity contribution in [2.75, 3.05) is 0 Å². The zero-order valence-electron chi connectivity index (χ0n) is 11.9. The molecule has 2 rings (SSSR count). The van der Waals surface area contributed by atoms with Gasteiger partial charge in [-0.15, -0.1) is 0 Å². The van der Waals surface area contributed by atoms with Crippen LogP contribution in [0.25, 0.3) is 0 Å². The third kappa shape index (κ3) is 3.76. The molecule has 1 aromatic rings. The topological polar surface area (TPSA) is 35.2 Å². The summed E-state index contributed by atoms with van der Waals surface area (Å²) in [6.07, 6.45) is 6.41. The molecule has 0 radical (unpaired) electrons. The van der Waals surface area contributed by atoms with Gasteiger partial charge in [0, 0.05) is 5.56 Å². The van der Waals surface area contributed by atoms with Crippen LogP contribution in [0.15, 0.2) is 18.2 Å². The second-order valence-electron chi connectivity index (χ2n) is 5.48. The van der Waals surface area contributed by atoms with Gasteiger partial charge >= 0.3 is 0 Å². The van der Waals surface area contributed by atoms with Crippen molar-refractivity contribution in [1.82, 2.24) is 0 Å². The van der Waals surface area contributed by atoms with E-state index in [1.54, 1.807) is 12.1 Å².